The van der Waals surface area contributed by atoms with E-state index in [1.165, 1.54) is 14.2 Å². The van der Waals surface area contributed by atoms with Gasteiger partial charge in [-0.1, -0.05) is 26.0 Å². The Balaban J connectivity index is 0.000000254. The lowest BCUT2D eigenvalue weighted by Gasteiger charge is -2.44. The maximum absolute atomic E-state index is 10.2. The molecule has 4 aromatic rings. The van der Waals surface area contributed by atoms with Crippen molar-refractivity contribution in [2.45, 2.75) is 38.3 Å². The summed E-state index contributed by atoms with van der Waals surface area (Å²) < 4.78 is 67.2. The maximum Gasteiger partial charge on any atom is 0.203 e. The van der Waals surface area contributed by atoms with Crippen LogP contribution in [0.2, 0.25) is 0 Å². The molecule has 1 aliphatic rings. The van der Waals surface area contributed by atoms with Crippen molar-refractivity contribution in [2.24, 2.45) is 5.41 Å². The summed E-state index contributed by atoms with van der Waals surface area (Å²) in [4.78, 5) is 0. The Morgan fingerprint density at radius 1 is 0.526 bits per heavy atom. The molecule has 0 unspecified atom stereocenters. The van der Waals surface area contributed by atoms with Gasteiger partial charge in [0.05, 0.1) is 70.1 Å². The van der Waals surface area contributed by atoms with Crippen LogP contribution in [-0.2, 0) is 43.4 Å². The lowest BCUT2D eigenvalue weighted by Crippen LogP contribution is -2.47. The van der Waals surface area contributed by atoms with Crippen molar-refractivity contribution >= 4 is 0 Å². The van der Waals surface area contributed by atoms with Gasteiger partial charge in [-0.15, -0.1) is 0 Å². The minimum absolute atomic E-state index is 0.0426. The molecule has 312 valence electrons. The van der Waals surface area contributed by atoms with E-state index in [-0.39, 0.29) is 16.9 Å². The number of aromatic hydroxyl groups is 2. The minimum atomic E-state index is -1.13. The predicted octanol–water partition coefficient (Wildman–Crippen LogP) is 7.01. The average Bonchev–Trinajstić information content (AvgIpc) is 3.22. The van der Waals surface area contributed by atoms with Crippen molar-refractivity contribution in [3.63, 3.8) is 0 Å². The smallest absolute Gasteiger partial charge is 0.203 e. The number of hydrogen-bond donors (Lipinski definition) is 2. The summed E-state index contributed by atoms with van der Waals surface area (Å²) in [5.74, 6) is 1.68. The number of hydrogen-bond acceptors (Lipinski definition) is 14. The Kier molecular flexibility index (Phi) is 15.0. The van der Waals surface area contributed by atoms with Crippen LogP contribution < -0.4 is 37.9 Å². The van der Waals surface area contributed by atoms with Crippen LogP contribution in [0.4, 0.5) is 0 Å². The largest absolute Gasteiger partial charge is 0.504 e. The second-order valence-electron chi connectivity index (χ2n) is 13.8. The van der Waals surface area contributed by atoms with Gasteiger partial charge >= 0.3 is 0 Å². The van der Waals surface area contributed by atoms with E-state index < -0.39 is 11.6 Å². The number of phenolic OH excluding ortho intramolecular Hbond substituents is 2. The van der Waals surface area contributed by atoms with E-state index in [0.717, 1.165) is 16.7 Å². The quantitative estimate of drug-likeness (QED) is 0.112. The highest BCUT2D eigenvalue weighted by Crippen LogP contribution is 2.47. The Labute approximate surface area is 334 Å². The Morgan fingerprint density at radius 3 is 1.32 bits per heavy atom. The molecule has 14 heteroatoms. The van der Waals surface area contributed by atoms with Gasteiger partial charge in [0, 0.05) is 43.6 Å². The summed E-state index contributed by atoms with van der Waals surface area (Å²) in [6, 6.07) is 17.6. The summed E-state index contributed by atoms with van der Waals surface area (Å²) >= 11 is 0. The third-order valence-corrected chi connectivity index (χ3v) is 9.62. The summed E-state index contributed by atoms with van der Waals surface area (Å²) in [6.07, 6.45) is 0.704. The Hall–Kier alpha value is -5.28. The van der Waals surface area contributed by atoms with E-state index in [1.807, 2.05) is 24.3 Å². The van der Waals surface area contributed by atoms with Crippen LogP contribution in [0.25, 0.3) is 0 Å². The van der Waals surface area contributed by atoms with Crippen LogP contribution in [-0.4, -0.2) is 94.5 Å². The fraction of sp³-hybridized carbons (Fsp3) is 0.442. The van der Waals surface area contributed by atoms with Crippen molar-refractivity contribution in [1.29, 1.82) is 0 Å². The van der Waals surface area contributed by atoms with E-state index in [2.05, 4.69) is 13.8 Å². The van der Waals surface area contributed by atoms with E-state index in [9.17, 15) is 10.2 Å². The Bertz CT molecular complexity index is 1880. The molecule has 1 saturated heterocycles. The molecular weight excluding hydrogens is 740 g/mol. The van der Waals surface area contributed by atoms with Crippen molar-refractivity contribution in [3.8, 4) is 57.5 Å². The number of benzene rings is 4. The van der Waals surface area contributed by atoms with Gasteiger partial charge in [0.1, 0.15) is 0 Å². The molecule has 1 heterocycles. The molecule has 0 aromatic heterocycles. The third-order valence-electron chi connectivity index (χ3n) is 9.62. The molecule has 0 atom stereocenters. The topological polar surface area (TPSA) is 151 Å². The normalized spacial score (nSPS) is 14.4. The SMILES string of the molecule is COc1ccc(CC(OC)(OC)c2cc(OC)c(OC)c(OC)c2)cc1O.COc1ccc(CC2(c3cc(OC)c(OC)c(OC)c3)OCC(C)(C)CO2)cc1O. The fourth-order valence-corrected chi connectivity index (χ4v) is 6.47. The summed E-state index contributed by atoms with van der Waals surface area (Å²) in [7, 11) is 15.5. The van der Waals surface area contributed by atoms with Crippen LogP contribution in [0.1, 0.15) is 36.1 Å². The van der Waals surface area contributed by atoms with Crippen molar-refractivity contribution in [3.05, 3.63) is 82.9 Å². The van der Waals surface area contributed by atoms with Gasteiger partial charge in [0.25, 0.3) is 0 Å². The second kappa shape index (κ2) is 19.2. The summed E-state index contributed by atoms with van der Waals surface area (Å²) in [5.41, 5.74) is 2.93. The maximum atomic E-state index is 10.2. The van der Waals surface area contributed by atoms with Crippen molar-refractivity contribution in [1.82, 2.24) is 0 Å². The first-order valence-electron chi connectivity index (χ1n) is 18.0. The lowest BCUT2D eigenvalue weighted by molar-refractivity contribution is -0.307. The van der Waals surface area contributed by atoms with E-state index in [4.69, 9.17) is 56.8 Å². The first-order chi connectivity index (χ1) is 27.2. The highest BCUT2D eigenvalue weighted by molar-refractivity contribution is 5.56. The summed E-state index contributed by atoms with van der Waals surface area (Å²) in [6.45, 7) is 5.19. The molecule has 0 radical (unpaired) electrons. The van der Waals surface area contributed by atoms with Crippen LogP contribution in [0, 0.1) is 5.41 Å². The molecule has 57 heavy (non-hydrogen) atoms. The van der Waals surface area contributed by atoms with Gasteiger partial charge < -0.3 is 67.1 Å². The van der Waals surface area contributed by atoms with Gasteiger partial charge in [-0.05, 0) is 59.7 Å². The fourth-order valence-electron chi connectivity index (χ4n) is 6.47. The number of ether oxygens (including phenoxy) is 12. The molecule has 1 fully saturated rings. The highest BCUT2D eigenvalue weighted by atomic mass is 16.7. The van der Waals surface area contributed by atoms with Gasteiger partial charge in [-0.25, -0.2) is 0 Å². The number of rotatable bonds is 16. The van der Waals surface area contributed by atoms with Crippen molar-refractivity contribution < 1.29 is 67.1 Å². The molecule has 2 N–H and O–H groups in total. The molecule has 0 bridgehead atoms. The second-order valence-corrected chi connectivity index (χ2v) is 13.8. The van der Waals surface area contributed by atoms with Crippen LogP contribution >= 0.6 is 0 Å². The molecule has 0 amide bonds. The zero-order valence-corrected chi connectivity index (χ0v) is 34.9. The molecule has 4 aromatic carbocycles. The summed E-state index contributed by atoms with van der Waals surface area (Å²) in [5, 5.41) is 20.3. The number of phenols is 2. The zero-order chi connectivity index (χ0) is 42.0. The first-order valence-corrected chi connectivity index (χ1v) is 18.0. The van der Waals surface area contributed by atoms with Gasteiger partial charge in [0.15, 0.2) is 57.6 Å². The zero-order valence-electron chi connectivity index (χ0n) is 34.9. The highest BCUT2D eigenvalue weighted by Gasteiger charge is 2.43. The van der Waals surface area contributed by atoms with Crippen LogP contribution in [0.5, 0.6) is 57.5 Å². The molecule has 0 saturated carbocycles. The van der Waals surface area contributed by atoms with E-state index in [0.29, 0.717) is 77.6 Å². The molecule has 1 aliphatic heterocycles. The predicted molar refractivity (Wildman–Crippen MR) is 212 cm³/mol. The van der Waals surface area contributed by atoms with Gasteiger partial charge in [-0.3, -0.25) is 0 Å². The Morgan fingerprint density at radius 2 is 0.930 bits per heavy atom. The first kappa shape index (κ1) is 44.4. The van der Waals surface area contributed by atoms with Crippen LogP contribution in [0.15, 0.2) is 60.7 Å². The molecule has 5 rings (SSSR count). The standard InChI is InChI=1S/C23H30O7.C20H26O7/c1-22(2)13-29-23(30-14-22,12-15-7-8-18(25-3)17(24)9-15)16-10-19(26-4)21(28-6)20(11-16)27-5;1-22-16-8-7-13(9-15(16)21)12-20(26-5,27-6)14-10-17(23-2)19(25-4)18(11-14)24-3/h7-11,24H,12-14H2,1-6H3;7-11,21H,12H2,1-6H3. The lowest BCUT2D eigenvalue weighted by atomic mass is 9.90. The van der Waals surface area contributed by atoms with E-state index in [1.54, 1.807) is 93.3 Å². The number of methoxy groups -OCH3 is 10. The molecule has 0 spiro atoms. The van der Waals surface area contributed by atoms with E-state index >= 15 is 0 Å². The third kappa shape index (κ3) is 9.82. The molecule has 0 aliphatic carbocycles. The van der Waals surface area contributed by atoms with Gasteiger partial charge in [0.2, 0.25) is 11.5 Å². The molecule has 14 nitrogen and oxygen atoms in total. The molecular formula is C43H56O14. The van der Waals surface area contributed by atoms with Crippen molar-refractivity contribution in [2.75, 3.05) is 84.3 Å². The minimum Gasteiger partial charge on any atom is -0.504 e. The van der Waals surface area contributed by atoms with Crippen LogP contribution in [0.3, 0.4) is 0 Å². The monoisotopic (exact) mass is 796 g/mol. The van der Waals surface area contributed by atoms with Gasteiger partial charge in [-0.2, -0.15) is 0 Å². The average molecular weight is 797 g/mol.